The normalized spacial score (nSPS) is 12.2. The fourth-order valence-corrected chi connectivity index (χ4v) is 2.59. The lowest BCUT2D eigenvalue weighted by Crippen LogP contribution is -2.01. The molecule has 4 heteroatoms. The third-order valence-corrected chi connectivity index (χ3v) is 3.85. The second-order valence-electron chi connectivity index (χ2n) is 4.37. The monoisotopic (exact) mass is 340 g/mol. The van der Waals surface area contributed by atoms with Gasteiger partial charge in [-0.1, -0.05) is 34.1 Å². The molecular formula is C16H15BrF2O. The standard InChI is InChI=1S/C16H15BrF2O/c1-2-20-12-8-6-11(7-9-12)14(17)10-13-15(18)4-3-5-16(13)19/h3-9,14H,2,10H2,1H3. The van der Waals surface area contributed by atoms with Crippen molar-refractivity contribution in [3.05, 3.63) is 65.2 Å². The van der Waals surface area contributed by atoms with Crippen molar-refractivity contribution in [3.8, 4) is 5.75 Å². The molecule has 0 bridgehead atoms. The summed E-state index contributed by atoms with van der Waals surface area (Å²) in [5.74, 6) is -0.242. The smallest absolute Gasteiger partial charge is 0.129 e. The van der Waals surface area contributed by atoms with Crippen LogP contribution in [0.4, 0.5) is 8.78 Å². The summed E-state index contributed by atoms with van der Waals surface area (Å²) in [6.45, 7) is 2.53. The number of hydrogen-bond donors (Lipinski definition) is 0. The summed E-state index contributed by atoms with van der Waals surface area (Å²) in [4.78, 5) is -0.149. The summed E-state index contributed by atoms with van der Waals surface area (Å²) in [5.41, 5.74) is 1.05. The van der Waals surface area contributed by atoms with E-state index in [0.717, 1.165) is 11.3 Å². The van der Waals surface area contributed by atoms with E-state index >= 15 is 0 Å². The van der Waals surface area contributed by atoms with Crippen LogP contribution in [0, 0.1) is 11.6 Å². The third kappa shape index (κ3) is 3.57. The highest BCUT2D eigenvalue weighted by atomic mass is 79.9. The zero-order chi connectivity index (χ0) is 14.5. The van der Waals surface area contributed by atoms with Crippen LogP contribution in [0.3, 0.4) is 0 Å². The second kappa shape index (κ2) is 6.84. The molecule has 0 aromatic heterocycles. The maximum Gasteiger partial charge on any atom is 0.129 e. The molecule has 0 fully saturated rings. The number of ether oxygens (including phenoxy) is 1. The van der Waals surface area contributed by atoms with Crippen LogP contribution in [0.1, 0.15) is 22.9 Å². The predicted octanol–water partition coefficient (Wildman–Crippen LogP) is 5.04. The molecule has 1 unspecified atom stereocenters. The first-order valence-corrected chi connectivity index (χ1v) is 7.33. The lowest BCUT2D eigenvalue weighted by atomic mass is 10.0. The molecule has 0 aliphatic carbocycles. The Balaban J connectivity index is 2.13. The van der Waals surface area contributed by atoms with Gasteiger partial charge in [-0.15, -0.1) is 0 Å². The maximum absolute atomic E-state index is 13.6. The van der Waals surface area contributed by atoms with Gasteiger partial charge in [0.25, 0.3) is 0 Å². The Kier molecular flexibility index (Phi) is 5.12. The average molecular weight is 341 g/mol. The van der Waals surface area contributed by atoms with Crippen molar-refractivity contribution in [3.63, 3.8) is 0 Å². The molecule has 0 aliphatic rings. The minimum atomic E-state index is -0.514. The molecular weight excluding hydrogens is 326 g/mol. The van der Waals surface area contributed by atoms with Crippen LogP contribution in [0.25, 0.3) is 0 Å². The molecule has 2 aromatic carbocycles. The minimum absolute atomic E-state index is 0.100. The zero-order valence-corrected chi connectivity index (χ0v) is 12.7. The lowest BCUT2D eigenvalue weighted by molar-refractivity contribution is 0.340. The topological polar surface area (TPSA) is 9.23 Å². The fourth-order valence-electron chi connectivity index (χ4n) is 1.96. The molecule has 0 heterocycles. The van der Waals surface area contributed by atoms with E-state index in [-0.39, 0.29) is 16.8 Å². The number of alkyl halides is 1. The molecule has 2 aromatic rings. The van der Waals surface area contributed by atoms with Gasteiger partial charge in [0.05, 0.1) is 6.61 Å². The van der Waals surface area contributed by atoms with Gasteiger partial charge >= 0.3 is 0 Å². The van der Waals surface area contributed by atoms with Crippen LogP contribution in [-0.4, -0.2) is 6.61 Å². The van der Waals surface area contributed by atoms with Gasteiger partial charge in [0.15, 0.2) is 0 Å². The first-order valence-electron chi connectivity index (χ1n) is 6.41. The Bertz CT molecular complexity index is 549. The van der Waals surface area contributed by atoms with Crippen LogP contribution in [0.15, 0.2) is 42.5 Å². The van der Waals surface area contributed by atoms with Crippen molar-refractivity contribution < 1.29 is 13.5 Å². The van der Waals surface area contributed by atoms with Crippen LogP contribution in [-0.2, 0) is 6.42 Å². The zero-order valence-electron chi connectivity index (χ0n) is 11.1. The first-order chi connectivity index (χ1) is 9.61. The Labute approximate surface area is 125 Å². The quantitative estimate of drug-likeness (QED) is 0.692. The van der Waals surface area contributed by atoms with Gasteiger partial charge in [0.1, 0.15) is 17.4 Å². The average Bonchev–Trinajstić information content (AvgIpc) is 2.44. The van der Waals surface area contributed by atoms with Gasteiger partial charge in [-0.25, -0.2) is 8.78 Å². The number of rotatable bonds is 5. The third-order valence-electron chi connectivity index (χ3n) is 3.00. The van der Waals surface area contributed by atoms with Crippen molar-refractivity contribution in [2.24, 2.45) is 0 Å². The number of halogens is 3. The van der Waals surface area contributed by atoms with Crippen molar-refractivity contribution in [2.45, 2.75) is 18.2 Å². The van der Waals surface area contributed by atoms with E-state index in [2.05, 4.69) is 15.9 Å². The number of hydrogen-bond acceptors (Lipinski definition) is 1. The molecule has 0 radical (unpaired) electrons. The SMILES string of the molecule is CCOc1ccc(C(Br)Cc2c(F)cccc2F)cc1. The predicted molar refractivity (Wildman–Crippen MR) is 79.3 cm³/mol. The van der Waals surface area contributed by atoms with Crippen molar-refractivity contribution in [1.82, 2.24) is 0 Å². The van der Waals surface area contributed by atoms with Crippen LogP contribution >= 0.6 is 15.9 Å². The van der Waals surface area contributed by atoms with Gasteiger partial charge in [0, 0.05) is 10.4 Å². The molecule has 0 spiro atoms. The van der Waals surface area contributed by atoms with Gasteiger partial charge < -0.3 is 4.74 Å². The fraction of sp³-hybridized carbons (Fsp3) is 0.250. The molecule has 1 nitrogen and oxygen atoms in total. The molecule has 1 atom stereocenters. The van der Waals surface area contributed by atoms with Crippen molar-refractivity contribution in [1.29, 1.82) is 0 Å². The van der Waals surface area contributed by atoms with E-state index in [1.54, 1.807) is 0 Å². The van der Waals surface area contributed by atoms with Crippen LogP contribution in [0.2, 0.25) is 0 Å². The molecule has 0 amide bonds. The summed E-state index contributed by atoms with van der Waals surface area (Å²) in [5, 5.41) is 0. The highest BCUT2D eigenvalue weighted by Crippen LogP contribution is 2.30. The molecule has 0 N–H and O–H groups in total. The molecule has 0 saturated heterocycles. The van der Waals surface area contributed by atoms with E-state index in [1.807, 2.05) is 31.2 Å². The lowest BCUT2D eigenvalue weighted by Gasteiger charge is -2.12. The van der Waals surface area contributed by atoms with Crippen molar-refractivity contribution >= 4 is 15.9 Å². The van der Waals surface area contributed by atoms with Crippen LogP contribution < -0.4 is 4.74 Å². The highest BCUT2D eigenvalue weighted by molar-refractivity contribution is 9.09. The molecule has 0 aliphatic heterocycles. The second-order valence-corrected chi connectivity index (χ2v) is 5.48. The van der Waals surface area contributed by atoms with E-state index in [4.69, 9.17) is 4.74 Å². The minimum Gasteiger partial charge on any atom is -0.494 e. The van der Waals surface area contributed by atoms with Gasteiger partial charge in [0.2, 0.25) is 0 Å². The summed E-state index contributed by atoms with van der Waals surface area (Å²) >= 11 is 3.48. The van der Waals surface area contributed by atoms with E-state index < -0.39 is 11.6 Å². The van der Waals surface area contributed by atoms with Gasteiger partial charge in [-0.3, -0.25) is 0 Å². The van der Waals surface area contributed by atoms with Crippen LogP contribution in [0.5, 0.6) is 5.75 Å². The maximum atomic E-state index is 13.6. The summed E-state index contributed by atoms with van der Waals surface area (Å²) in [7, 11) is 0. The van der Waals surface area contributed by atoms with Crippen molar-refractivity contribution in [2.75, 3.05) is 6.61 Å². The summed E-state index contributed by atoms with van der Waals surface area (Å²) in [6.07, 6.45) is 0.256. The Hall–Kier alpha value is -1.42. The number of benzene rings is 2. The molecule has 20 heavy (non-hydrogen) atoms. The Morgan fingerprint density at radius 1 is 1.05 bits per heavy atom. The summed E-state index contributed by atoms with van der Waals surface area (Å²) < 4.78 is 32.6. The molecule has 2 rings (SSSR count). The van der Waals surface area contributed by atoms with E-state index in [1.165, 1.54) is 18.2 Å². The molecule has 0 saturated carbocycles. The summed E-state index contributed by atoms with van der Waals surface area (Å²) in [6, 6.07) is 11.4. The Morgan fingerprint density at radius 2 is 1.65 bits per heavy atom. The van der Waals surface area contributed by atoms with Gasteiger partial charge in [-0.2, -0.15) is 0 Å². The largest absolute Gasteiger partial charge is 0.494 e. The van der Waals surface area contributed by atoms with E-state index in [9.17, 15) is 8.78 Å². The van der Waals surface area contributed by atoms with Gasteiger partial charge in [-0.05, 0) is 43.2 Å². The Morgan fingerprint density at radius 3 is 2.20 bits per heavy atom. The van der Waals surface area contributed by atoms with E-state index in [0.29, 0.717) is 6.61 Å². The first kappa shape index (κ1) is 15.0. The molecule has 106 valence electrons. The highest BCUT2D eigenvalue weighted by Gasteiger charge is 2.15.